The van der Waals surface area contributed by atoms with Crippen LogP contribution in [0, 0.1) is 23.6 Å². The summed E-state index contributed by atoms with van der Waals surface area (Å²) in [5.74, 6) is 0.0250. The van der Waals surface area contributed by atoms with E-state index in [1.807, 2.05) is 26.0 Å². The average molecular weight is 420 g/mol. The van der Waals surface area contributed by atoms with Gasteiger partial charge in [-0.15, -0.1) is 11.7 Å². The fourth-order valence-electron chi connectivity index (χ4n) is 2.76. The Balaban J connectivity index is 1.74. The van der Waals surface area contributed by atoms with Crippen LogP contribution < -0.4 is 0 Å². The van der Waals surface area contributed by atoms with Crippen LogP contribution in [0.1, 0.15) is 21.7 Å². The van der Waals surface area contributed by atoms with Gasteiger partial charge < -0.3 is 4.57 Å². The number of benzene rings is 1. The summed E-state index contributed by atoms with van der Waals surface area (Å²) in [7, 11) is 0. The van der Waals surface area contributed by atoms with E-state index in [9.17, 15) is 9.18 Å². The molecule has 0 radical (unpaired) electrons. The van der Waals surface area contributed by atoms with Crippen LogP contribution in [0.5, 0.6) is 0 Å². The molecule has 0 aliphatic heterocycles. The zero-order valence-electron chi connectivity index (χ0n) is 14.9. The van der Waals surface area contributed by atoms with Gasteiger partial charge in [-0.3, -0.25) is 4.79 Å². The zero-order valence-corrected chi connectivity index (χ0v) is 17.4. The van der Waals surface area contributed by atoms with E-state index >= 15 is 0 Å². The van der Waals surface area contributed by atoms with Gasteiger partial charge in [0.05, 0.1) is 11.4 Å². The van der Waals surface area contributed by atoms with E-state index in [-0.39, 0.29) is 17.4 Å². The highest BCUT2D eigenvalue weighted by atomic mass is 32.2. The van der Waals surface area contributed by atoms with E-state index < -0.39 is 0 Å². The van der Waals surface area contributed by atoms with Crippen molar-refractivity contribution in [3.8, 4) is 5.69 Å². The number of carbonyl (C=O) groups is 1. The predicted octanol–water partition coefficient (Wildman–Crippen LogP) is 5.38. The van der Waals surface area contributed by atoms with E-state index in [0.717, 1.165) is 17.0 Å². The third-order valence-electron chi connectivity index (χ3n) is 4.11. The minimum absolute atomic E-state index is 0.0536. The molecule has 0 saturated heterocycles. The lowest BCUT2D eigenvalue weighted by molar-refractivity contribution is 0.102. The second kappa shape index (κ2) is 8.33. The van der Waals surface area contributed by atoms with Gasteiger partial charge in [-0.25, -0.2) is 9.07 Å². The Bertz CT molecular complexity index is 1050. The van der Waals surface area contributed by atoms with Crippen LogP contribution in [-0.2, 0) is 6.54 Å². The minimum atomic E-state index is -0.310. The number of carbonyl (C=O) groups excluding carboxylic acids is 1. The molecule has 2 heterocycles. The predicted molar refractivity (Wildman–Crippen MR) is 111 cm³/mol. The Morgan fingerprint density at radius 2 is 2.07 bits per heavy atom. The summed E-state index contributed by atoms with van der Waals surface area (Å²) in [6, 6.07) is 7.90. The van der Waals surface area contributed by atoms with Gasteiger partial charge in [0.25, 0.3) is 0 Å². The van der Waals surface area contributed by atoms with Crippen molar-refractivity contribution in [2.75, 3.05) is 5.75 Å². The van der Waals surface area contributed by atoms with Crippen LogP contribution in [0.2, 0.25) is 0 Å². The highest BCUT2D eigenvalue weighted by Crippen LogP contribution is 2.26. The number of thioether (sulfide) groups is 1. The van der Waals surface area contributed by atoms with Crippen LogP contribution in [0.25, 0.3) is 5.69 Å². The molecule has 0 bridgehead atoms. The molecule has 1 aromatic carbocycles. The fourth-order valence-corrected chi connectivity index (χ4v) is 5.01. The third kappa shape index (κ3) is 4.28. The quantitative estimate of drug-likeness (QED) is 0.223. The first-order valence-corrected chi connectivity index (χ1v) is 10.4. The Morgan fingerprint density at radius 1 is 1.37 bits per heavy atom. The monoisotopic (exact) mass is 419 g/mol. The van der Waals surface area contributed by atoms with Crippen LogP contribution in [0.4, 0.5) is 4.39 Å². The maximum Gasteiger partial charge on any atom is 0.184 e. The van der Waals surface area contributed by atoms with Gasteiger partial charge >= 0.3 is 0 Å². The summed E-state index contributed by atoms with van der Waals surface area (Å²) in [5.41, 5.74) is 3.41. The highest BCUT2D eigenvalue weighted by Gasteiger charge is 2.16. The van der Waals surface area contributed by atoms with Gasteiger partial charge in [0, 0.05) is 23.5 Å². The van der Waals surface area contributed by atoms with E-state index in [1.54, 1.807) is 16.8 Å². The van der Waals surface area contributed by atoms with Crippen molar-refractivity contribution in [3.05, 3.63) is 69.7 Å². The smallest absolute Gasteiger partial charge is 0.184 e. The first-order valence-electron chi connectivity index (χ1n) is 8.20. The molecule has 0 saturated carbocycles. The molecule has 0 aliphatic rings. The van der Waals surface area contributed by atoms with Crippen LogP contribution >= 0.6 is 35.3 Å². The summed E-state index contributed by atoms with van der Waals surface area (Å²) in [5, 5.41) is 4.45. The molecule has 4 nitrogen and oxygen atoms in total. The van der Waals surface area contributed by atoms with Crippen molar-refractivity contribution in [1.82, 2.24) is 14.3 Å². The van der Waals surface area contributed by atoms with Gasteiger partial charge in [0.1, 0.15) is 5.82 Å². The second-order valence-electron chi connectivity index (χ2n) is 5.92. The lowest BCUT2D eigenvalue weighted by Crippen LogP contribution is -2.06. The van der Waals surface area contributed by atoms with Crippen LogP contribution in [0.3, 0.4) is 0 Å². The van der Waals surface area contributed by atoms with Crippen LogP contribution in [-0.4, -0.2) is 25.9 Å². The molecule has 0 N–H and O–H groups in total. The summed E-state index contributed by atoms with van der Waals surface area (Å²) >= 11 is 8.04. The van der Waals surface area contributed by atoms with Crippen molar-refractivity contribution in [2.45, 2.75) is 24.7 Å². The molecule has 27 heavy (non-hydrogen) atoms. The van der Waals surface area contributed by atoms with E-state index in [1.165, 1.54) is 35.2 Å². The maximum absolute atomic E-state index is 13.1. The number of halogens is 1. The molecular formula is C19H18FN3OS3. The molecule has 140 valence electrons. The topological polar surface area (TPSA) is 39.8 Å². The Kier molecular flexibility index (Phi) is 6.08. The number of rotatable bonds is 7. The van der Waals surface area contributed by atoms with Gasteiger partial charge in [-0.2, -0.15) is 0 Å². The summed E-state index contributed by atoms with van der Waals surface area (Å²) < 4.78 is 18.0. The number of Topliss-reactive ketones (excluding diaryl/α,β-unsaturated/α-hetero) is 1. The number of allylic oxidation sites excluding steroid dienone is 1. The number of ketones is 1. The lowest BCUT2D eigenvalue weighted by Gasteiger charge is -2.06. The van der Waals surface area contributed by atoms with Crippen molar-refractivity contribution in [3.63, 3.8) is 0 Å². The molecule has 0 amide bonds. The number of hydrogen-bond donors (Lipinski definition) is 0. The summed E-state index contributed by atoms with van der Waals surface area (Å²) in [6.07, 6.45) is 1.82. The average Bonchev–Trinajstić information content (AvgIpc) is 3.15. The van der Waals surface area contributed by atoms with Crippen molar-refractivity contribution >= 4 is 41.1 Å². The molecule has 3 aromatic rings. The van der Waals surface area contributed by atoms with Gasteiger partial charge in [0.2, 0.25) is 0 Å². The molecule has 0 unspecified atom stereocenters. The van der Waals surface area contributed by atoms with E-state index in [2.05, 4.69) is 16.2 Å². The Labute approximate surface area is 170 Å². The summed E-state index contributed by atoms with van der Waals surface area (Å²) in [4.78, 5) is 12.7. The zero-order chi connectivity index (χ0) is 19.6. The number of aromatic nitrogens is 3. The molecule has 0 fully saturated rings. The maximum atomic E-state index is 13.1. The van der Waals surface area contributed by atoms with Crippen molar-refractivity contribution < 1.29 is 9.18 Å². The SMILES string of the molecule is C=CCn1c(C)cc(C(=O)CSc2nn(-c3ccc(F)cc3)c(=S)s2)c1C. The minimum Gasteiger partial charge on any atom is -0.345 e. The number of hydrogen-bond acceptors (Lipinski definition) is 5. The fraction of sp³-hybridized carbons (Fsp3) is 0.211. The molecule has 0 atom stereocenters. The van der Waals surface area contributed by atoms with Gasteiger partial charge in [-0.05, 0) is 56.4 Å². The van der Waals surface area contributed by atoms with Crippen LogP contribution in [0.15, 0.2) is 47.3 Å². The Morgan fingerprint density at radius 3 is 2.74 bits per heavy atom. The highest BCUT2D eigenvalue weighted by molar-refractivity contribution is 8.01. The summed E-state index contributed by atoms with van der Waals surface area (Å²) in [6.45, 7) is 8.37. The Hall–Kier alpha value is -2.03. The first kappa shape index (κ1) is 19.7. The van der Waals surface area contributed by atoms with Gasteiger partial charge in [0.15, 0.2) is 14.1 Å². The normalized spacial score (nSPS) is 10.9. The first-order chi connectivity index (χ1) is 12.9. The second-order valence-corrected chi connectivity index (χ2v) is 8.76. The van der Waals surface area contributed by atoms with Gasteiger partial charge in [-0.1, -0.05) is 29.2 Å². The van der Waals surface area contributed by atoms with E-state index in [0.29, 0.717) is 20.5 Å². The van der Waals surface area contributed by atoms with Crippen molar-refractivity contribution in [2.24, 2.45) is 0 Å². The number of nitrogens with zero attached hydrogens (tertiary/aromatic N) is 3. The van der Waals surface area contributed by atoms with Crippen molar-refractivity contribution in [1.29, 1.82) is 0 Å². The molecule has 2 aromatic heterocycles. The van der Waals surface area contributed by atoms with E-state index in [4.69, 9.17) is 12.2 Å². The molecule has 0 spiro atoms. The molecule has 3 rings (SSSR count). The third-order valence-corrected chi connectivity index (χ3v) is 6.48. The largest absolute Gasteiger partial charge is 0.345 e. The molecule has 8 heteroatoms. The molecular weight excluding hydrogens is 401 g/mol. The molecule has 0 aliphatic carbocycles. The lowest BCUT2D eigenvalue weighted by atomic mass is 10.2. The standard InChI is InChI=1S/C19H18FN3OS3/c1-4-9-22-12(2)10-16(13(22)3)17(24)11-26-18-21-23(19(25)27-18)15-7-5-14(20)6-8-15/h4-8,10H,1,9,11H2,2-3H3. The number of aryl methyl sites for hydroxylation is 1.